The molecule has 134 valence electrons. The number of aromatic nitrogens is 1. The molecule has 2 atom stereocenters. The molecule has 0 bridgehead atoms. The van der Waals surface area contributed by atoms with Crippen molar-refractivity contribution in [3.63, 3.8) is 0 Å². The number of carbonyl (C=O) groups is 1. The van der Waals surface area contributed by atoms with Gasteiger partial charge in [0, 0.05) is 44.5 Å². The fourth-order valence-corrected chi connectivity index (χ4v) is 3.98. The van der Waals surface area contributed by atoms with Crippen molar-refractivity contribution in [2.24, 2.45) is 0 Å². The van der Waals surface area contributed by atoms with Gasteiger partial charge >= 0.3 is 0 Å². The number of pyridine rings is 1. The second-order valence-corrected chi connectivity index (χ2v) is 7.21. The Labute approximate surface area is 150 Å². The number of anilines is 1. The Hall–Kier alpha value is -2.13. The van der Waals surface area contributed by atoms with E-state index in [2.05, 4.69) is 39.6 Å². The molecule has 0 N–H and O–H groups in total. The quantitative estimate of drug-likeness (QED) is 0.840. The van der Waals surface area contributed by atoms with Crippen LogP contribution < -0.4 is 4.90 Å². The normalized spacial score (nSPS) is 24.8. The molecule has 6 heteroatoms. The van der Waals surface area contributed by atoms with Gasteiger partial charge in [-0.15, -0.1) is 0 Å². The van der Waals surface area contributed by atoms with Crippen LogP contribution in [0, 0.1) is 11.3 Å². The van der Waals surface area contributed by atoms with E-state index in [1.807, 2.05) is 6.07 Å². The first-order chi connectivity index (χ1) is 12.1. The highest BCUT2D eigenvalue weighted by Crippen LogP contribution is 2.23. The fraction of sp³-hybridized carbons (Fsp3) is 0.632. The third-order valence-electron chi connectivity index (χ3n) is 5.41. The SMILES string of the molecule is C[C@H]1CCC[C@H](C)N1C(=O)CN1CCN(c2cc(C#N)ccn2)CC1. The van der Waals surface area contributed by atoms with Gasteiger partial charge in [-0.1, -0.05) is 0 Å². The molecule has 2 saturated heterocycles. The van der Waals surface area contributed by atoms with Crippen molar-refractivity contribution in [1.29, 1.82) is 5.26 Å². The van der Waals surface area contributed by atoms with Gasteiger partial charge in [0.2, 0.25) is 5.91 Å². The molecule has 0 aromatic carbocycles. The third-order valence-corrected chi connectivity index (χ3v) is 5.41. The van der Waals surface area contributed by atoms with Crippen molar-refractivity contribution >= 4 is 11.7 Å². The number of hydrogen-bond donors (Lipinski definition) is 0. The summed E-state index contributed by atoms with van der Waals surface area (Å²) < 4.78 is 0. The molecule has 0 spiro atoms. The Bertz CT molecular complexity index is 637. The molecular formula is C19H27N5O. The molecule has 3 rings (SSSR count). The molecule has 3 heterocycles. The van der Waals surface area contributed by atoms with E-state index in [0.717, 1.165) is 44.8 Å². The van der Waals surface area contributed by atoms with Crippen LogP contribution in [-0.4, -0.2) is 65.5 Å². The summed E-state index contributed by atoms with van der Waals surface area (Å²) >= 11 is 0. The maximum Gasteiger partial charge on any atom is 0.237 e. The zero-order chi connectivity index (χ0) is 17.8. The van der Waals surface area contributed by atoms with Gasteiger partial charge in [0.05, 0.1) is 18.2 Å². The highest BCUT2D eigenvalue weighted by Gasteiger charge is 2.30. The molecule has 25 heavy (non-hydrogen) atoms. The molecule has 0 radical (unpaired) electrons. The lowest BCUT2D eigenvalue weighted by molar-refractivity contribution is -0.138. The van der Waals surface area contributed by atoms with Crippen LogP contribution in [0.1, 0.15) is 38.7 Å². The summed E-state index contributed by atoms with van der Waals surface area (Å²) in [6.07, 6.45) is 5.14. The highest BCUT2D eigenvalue weighted by atomic mass is 16.2. The summed E-state index contributed by atoms with van der Waals surface area (Å²) in [4.78, 5) is 23.6. The van der Waals surface area contributed by atoms with E-state index < -0.39 is 0 Å². The van der Waals surface area contributed by atoms with Crippen LogP contribution in [0.15, 0.2) is 18.3 Å². The largest absolute Gasteiger partial charge is 0.354 e. The summed E-state index contributed by atoms with van der Waals surface area (Å²) in [6.45, 7) is 8.20. The minimum atomic E-state index is 0.262. The van der Waals surface area contributed by atoms with Crippen LogP contribution in [0.4, 0.5) is 5.82 Å². The smallest absolute Gasteiger partial charge is 0.237 e. The maximum absolute atomic E-state index is 12.7. The first-order valence-electron chi connectivity index (χ1n) is 9.23. The van der Waals surface area contributed by atoms with Gasteiger partial charge in [-0.05, 0) is 45.2 Å². The van der Waals surface area contributed by atoms with Crippen LogP contribution in [0.5, 0.6) is 0 Å². The molecule has 2 aliphatic heterocycles. The number of rotatable bonds is 3. The summed E-state index contributed by atoms with van der Waals surface area (Å²) in [6, 6.07) is 6.43. The van der Waals surface area contributed by atoms with Gasteiger partial charge in [-0.2, -0.15) is 5.26 Å². The van der Waals surface area contributed by atoms with E-state index in [9.17, 15) is 4.79 Å². The molecular weight excluding hydrogens is 314 g/mol. The van der Waals surface area contributed by atoms with Gasteiger partial charge in [-0.3, -0.25) is 9.69 Å². The zero-order valence-corrected chi connectivity index (χ0v) is 15.2. The van der Waals surface area contributed by atoms with Gasteiger partial charge in [0.1, 0.15) is 5.82 Å². The lowest BCUT2D eigenvalue weighted by Crippen LogP contribution is -2.54. The molecule has 1 aromatic heterocycles. The molecule has 1 amide bonds. The summed E-state index contributed by atoms with van der Waals surface area (Å²) in [5.74, 6) is 1.11. The first kappa shape index (κ1) is 17.7. The molecule has 0 aliphatic carbocycles. The van der Waals surface area contributed by atoms with Crippen molar-refractivity contribution in [2.45, 2.75) is 45.2 Å². The lowest BCUT2D eigenvalue weighted by atomic mass is 9.97. The summed E-state index contributed by atoms with van der Waals surface area (Å²) in [5, 5.41) is 9.02. The standard InChI is InChI=1S/C19H27N5O/c1-15-4-3-5-16(2)24(15)19(25)14-22-8-10-23(11-9-22)18-12-17(13-20)6-7-21-18/h6-7,12,15-16H,3-5,8-11,14H2,1-2H3/t15-,16-/m0/s1. The van der Waals surface area contributed by atoms with Crippen molar-refractivity contribution in [3.8, 4) is 6.07 Å². The molecule has 0 saturated carbocycles. The predicted octanol–water partition coefficient (Wildman–Crippen LogP) is 1.86. The Morgan fingerprint density at radius 3 is 2.56 bits per heavy atom. The van der Waals surface area contributed by atoms with E-state index >= 15 is 0 Å². The lowest BCUT2D eigenvalue weighted by Gasteiger charge is -2.41. The van der Waals surface area contributed by atoms with Gasteiger partial charge in [0.25, 0.3) is 0 Å². The molecule has 6 nitrogen and oxygen atoms in total. The number of nitriles is 1. The monoisotopic (exact) mass is 341 g/mol. The second-order valence-electron chi connectivity index (χ2n) is 7.21. The molecule has 2 fully saturated rings. The number of piperidine rings is 1. The average molecular weight is 341 g/mol. The van der Waals surface area contributed by atoms with E-state index in [1.54, 1.807) is 12.3 Å². The van der Waals surface area contributed by atoms with Crippen LogP contribution >= 0.6 is 0 Å². The minimum Gasteiger partial charge on any atom is -0.354 e. The van der Waals surface area contributed by atoms with Gasteiger partial charge in [-0.25, -0.2) is 4.98 Å². The second kappa shape index (κ2) is 7.83. The zero-order valence-electron chi connectivity index (χ0n) is 15.2. The predicted molar refractivity (Wildman–Crippen MR) is 97.2 cm³/mol. The fourth-order valence-electron chi connectivity index (χ4n) is 3.98. The summed E-state index contributed by atoms with van der Waals surface area (Å²) in [5.41, 5.74) is 0.635. The molecule has 2 aliphatic rings. The number of piperazine rings is 1. The Kier molecular flexibility index (Phi) is 5.54. The van der Waals surface area contributed by atoms with Crippen molar-refractivity contribution in [1.82, 2.24) is 14.8 Å². The van der Waals surface area contributed by atoms with Crippen LogP contribution in [0.3, 0.4) is 0 Å². The third kappa shape index (κ3) is 4.10. The van der Waals surface area contributed by atoms with Gasteiger partial charge < -0.3 is 9.80 Å². The molecule has 0 unspecified atom stereocenters. The first-order valence-corrected chi connectivity index (χ1v) is 9.23. The Morgan fingerprint density at radius 1 is 1.24 bits per heavy atom. The Balaban J connectivity index is 1.54. The van der Waals surface area contributed by atoms with E-state index in [1.165, 1.54) is 6.42 Å². The maximum atomic E-state index is 12.7. The summed E-state index contributed by atoms with van der Waals surface area (Å²) in [7, 11) is 0. The number of hydrogen-bond acceptors (Lipinski definition) is 5. The topological polar surface area (TPSA) is 63.5 Å². The van der Waals surface area contributed by atoms with Crippen LogP contribution in [0.2, 0.25) is 0 Å². The van der Waals surface area contributed by atoms with E-state index in [0.29, 0.717) is 24.2 Å². The number of likely N-dealkylation sites (tertiary alicyclic amines) is 1. The van der Waals surface area contributed by atoms with Crippen molar-refractivity contribution in [3.05, 3.63) is 23.9 Å². The van der Waals surface area contributed by atoms with E-state index in [4.69, 9.17) is 5.26 Å². The highest BCUT2D eigenvalue weighted by molar-refractivity contribution is 5.79. The van der Waals surface area contributed by atoms with Crippen molar-refractivity contribution in [2.75, 3.05) is 37.6 Å². The molecule has 1 aromatic rings. The minimum absolute atomic E-state index is 0.262. The van der Waals surface area contributed by atoms with Gasteiger partial charge in [0.15, 0.2) is 0 Å². The number of nitrogens with zero attached hydrogens (tertiary/aromatic N) is 5. The number of amides is 1. The van der Waals surface area contributed by atoms with E-state index in [-0.39, 0.29) is 5.91 Å². The Morgan fingerprint density at radius 2 is 1.92 bits per heavy atom. The van der Waals surface area contributed by atoms with Crippen LogP contribution in [0.25, 0.3) is 0 Å². The van der Waals surface area contributed by atoms with Crippen molar-refractivity contribution < 1.29 is 4.79 Å². The van der Waals surface area contributed by atoms with Crippen LogP contribution in [-0.2, 0) is 4.79 Å². The average Bonchev–Trinajstić information content (AvgIpc) is 2.62. The number of carbonyl (C=O) groups excluding carboxylic acids is 1.